The summed E-state index contributed by atoms with van der Waals surface area (Å²) in [5.74, 6) is 0. The molecule has 1 aliphatic carbocycles. The van der Waals surface area contributed by atoms with E-state index in [0.717, 1.165) is 0 Å². The van der Waals surface area contributed by atoms with Crippen LogP contribution in [0.15, 0.2) is 24.3 Å². The highest BCUT2D eigenvalue weighted by molar-refractivity contribution is 7.81. The molecule has 0 nitrogen and oxygen atoms in total. The van der Waals surface area contributed by atoms with Crippen LogP contribution in [-0.4, -0.2) is 0 Å². The molecule has 1 aromatic rings. The molecule has 0 N–H and O–H groups in total. The molecule has 1 aromatic carbocycles. The zero-order valence-corrected chi connectivity index (χ0v) is 8.27. The number of rotatable bonds is 0. The summed E-state index contributed by atoms with van der Waals surface area (Å²) >= 11 is 4.70. The van der Waals surface area contributed by atoms with E-state index < -0.39 is 0 Å². The first-order chi connectivity index (χ1) is 5.70. The monoisotopic (exact) mass is 178 g/mol. The summed E-state index contributed by atoms with van der Waals surface area (Å²) in [7, 11) is 0. The van der Waals surface area contributed by atoms with Crippen molar-refractivity contribution >= 4 is 12.6 Å². The van der Waals surface area contributed by atoms with E-state index in [-0.39, 0.29) is 4.75 Å². The summed E-state index contributed by atoms with van der Waals surface area (Å²) < 4.78 is 0.106. The Hall–Kier alpha value is -0.430. The van der Waals surface area contributed by atoms with Crippen LogP contribution in [0.5, 0.6) is 0 Å². The van der Waals surface area contributed by atoms with Gasteiger partial charge in [0.2, 0.25) is 0 Å². The molecule has 0 heterocycles. The van der Waals surface area contributed by atoms with Crippen LogP contribution in [0.1, 0.15) is 30.9 Å². The molecule has 1 unspecified atom stereocenters. The molecule has 0 saturated heterocycles. The van der Waals surface area contributed by atoms with Crippen molar-refractivity contribution in [2.75, 3.05) is 0 Å². The van der Waals surface area contributed by atoms with Gasteiger partial charge < -0.3 is 0 Å². The summed E-state index contributed by atoms with van der Waals surface area (Å²) in [6.45, 7) is 2.22. The first-order valence-electron chi connectivity index (χ1n) is 4.51. The van der Waals surface area contributed by atoms with E-state index >= 15 is 0 Å². The lowest BCUT2D eigenvalue weighted by Gasteiger charge is -2.31. The van der Waals surface area contributed by atoms with Crippen LogP contribution in [0.25, 0.3) is 0 Å². The second-order valence-corrected chi connectivity index (χ2v) is 4.77. The van der Waals surface area contributed by atoms with Crippen LogP contribution in [0.4, 0.5) is 0 Å². The van der Waals surface area contributed by atoms with Crippen LogP contribution < -0.4 is 0 Å². The van der Waals surface area contributed by atoms with Gasteiger partial charge in [-0.15, -0.1) is 0 Å². The lowest BCUT2D eigenvalue weighted by atomic mass is 9.83. The fourth-order valence-corrected chi connectivity index (χ4v) is 2.40. The molecule has 0 bridgehead atoms. The second kappa shape index (κ2) is 2.81. The van der Waals surface area contributed by atoms with E-state index in [4.69, 9.17) is 12.6 Å². The highest BCUT2D eigenvalue weighted by Gasteiger charge is 2.27. The quantitative estimate of drug-likeness (QED) is 0.580. The van der Waals surface area contributed by atoms with Gasteiger partial charge in [0.05, 0.1) is 0 Å². The Morgan fingerprint density at radius 1 is 1.33 bits per heavy atom. The molecule has 0 saturated carbocycles. The fourth-order valence-electron chi connectivity index (χ4n) is 2.02. The third kappa shape index (κ3) is 1.27. The minimum absolute atomic E-state index is 0.106. The molecular weight excluding hydrogens is 164 g/mol. The van der Waals surface area contributed by atoms with Crippen molar-refractivity contribution in [3.63, 3.8) is 0 Å². The fraction of sp³-hybridized carbons (Fsp3) is 0.455. The van der Waals surface area contributed by atoms with Crippen molar-refractivity contribution in [3.05, 3.63) is 35.4 Å². The van der Waals surface area contributed by atoms with Gasteiger partial charge in [-0.25, -0.2) is 0 Å². The van der Waals surface area contributed by atoms with Crippen LogP contribution in [0.2, 0.25) is 0 Å². The SMILES string of the molecule is CC1(S)CCCc2ccccc21. The van der Waals surface area contributed by atoms with Crippen molar-refractivity contribution in [1.29, 1.82) is 0 Å². The third-order valence-electron chi connectivity index (χ3n) is 2.71. The highest BCUT2D eigenvalue weighted by Crippen LogP contribution is 2.39. The minimum Gasteiger partial charge on any atom is -0.168 e. The number of fused-ring (bicyclic) bond motifs is 1. The molecule has 1 atom stereocenters. The van der Waals surface area contributed by atoms with Gasteiger partial charge >= 0.3 is 0 Å². The molecule has 64 valence electrons. The predicted molar refractivity (Wildman–Crippen MR) is 55.7 cm³/mol. The molecule has 12 heavy (non-hydrogen) atoms. The number of benzene rings is 1. The van der Waals surface area contributed by atoms with Gasteiger partial charge in [-0.1, -0.05) is 24.3 Å². The van der Waals surface area contributed by atoms with E-state index in [0.29, 0.717) is 0 Å². The van der Waals surface area contributed by atoms with Crippen LogP contribution in [0, 0.1) is 0 Å². The zero-order valence-electron chi connectivity index (χ0n) is 7.38. The van der Waals surface area contributed by atoms with E-state index in [1.165, 1.54) is 30.4 Å². The molecule has 1 aliphatic rings. The van der Waals surface area contributed by atoms with Gasteiger partial charge in [-0.05, 0) is 37.3 Å². The summed E-state index contributed by atoms with van der Waals surface area (Å²) in [6, 6.07) is 8.66. The first kappa shape index (κ1) is 8.18. The summed E-state index contributed by atoms with van der Waals surface area (Å²) in [5.41, 5.74) is 2.92. The Labute approximate surface area is 79.4 Å². The maximum atomic E-state index is 4.70. The van der Waals surface area contributed by atoms with Crippen molar-refractivity contribution < 1.29 is 0 Å². The van der Waals surface area contributed by atoms with Crippen molar-refractivity contribution in [1.82, 2.24) is 0 Å². The van der Waals surface area contributed by atoms with E-state index in [2.05, 4.69) is 31.2 Å². The normalized spacial score (nSPS) is 28.2. The molecule has 0 radical (unpaired) electrons. The average molecular weight is 178 g/mol. The Morgan fingerprint density at radius 2 is 2.08 bits per heavy atom. The smallest absolute Gasteiger partial charge is 0.0353 e. The van der Waals surface area contributed by atoms with Gasteiger partial charge in [-0.3, -0.25) is 0 Å². The molecule has 1 heteroatoms. The Bertz CT molecular complexity index is 289. The lowest BCUT2D eigenvalue weighted by molar-refractivity contribution is 0.549. The maximum absolute atomic E-state index is 4.70. The van der Waals surface area contributed by atoms with Crippen LogP contribution in [0.3, 0.4) is 0 Å². The number of thiol groups is 1. The largest absolute Gasteiger partial charge is 0.168 e. The Balaban J connectivity index is 2.52. The lowest BCUT2D eigenvalue weighted by Crippen LogP contribution is -2.20. The summed E-state index contributed by atoms with van der Waals surface area (Å²) in [5, 5.41) is 0. The van der Waals surface area contributed by atoms with E-state index in [1.807, 2.05) is 0 Å². The standard InChI is InChI=1S/C11H14S/c1-11(12)8-4-6-9-5-2-3-7-10(9)11/h2-3,5,7,12H,4,6,8H2,1H3. The predicted octanol–water partition coefficient (Wildman–Crippen LogP) is 3.17. The first-order valence-corrected chi connectivity index (χ1v) is 4.96. The van der Waals surface area contributed by atoms with Gasteiger partial charge in [-0.2, -0.15) is 12.6 Å². The number of hydrogen-bond acceptors (Lipinski definition) is 1. The summed E-state index contributed by atoms with van der Waals surface area (Å²) in [4.78, 5) is 0. The van der Waals surface area contributed by atoms with Crippen molar-refractivity contribution in [2.45, 2.75) is 30.9 Å². The molecule has 0 fully saturated rings. The Kier molecular flexibility index (Phi) is 1.91. The van der Waals surface area contributed by atoms with Crippen LogP contribution >= 0.6 is 12.6 Å². The molecule has 0 aliphatic heterocycles. The Morgan fingerprint density at radius 3 is 2.83 bits per heavy atom. The zero-order chi connectivity index (χ0) is 8.60. The van der Waals surface area contributed by atoms with E-state index in [9.17, 15) is 0 Å². The summed E-state index contributed by atoms with van der Waals surface area (Å²) in [6.07, 6.45) is 3.70. The van der Waals surface area contributed by atoms with Crippen LogP contribution in [-0.2, 0) is 11.2 Å². The van der Waals surface area contributed by atoms with Crippen molar-refractivity contribution in [2.24, 2.45) is 0 Å². The van der Waals surface area contributed by atoms with Crippen molar-refractivity contribution in [3.8, 4) is 0 Å². The number of hydrogen-bond donors (Lipinski definition) is 1. The molecular formula is C11H14S. The molecule has 0 spiro atoms. The molecule has 2 rings (SSSR count). The van der Waals surface area contributed by atoms with Gasteiger partial charge in [0.1, 0.15) is 0 Å². The third-order valence-corrected chi connectivity index (χ3v) is 3.17. The highest BCUT2D eigenvalue weighted by atomic mass is 32.1. The topological polar surface area (TPSA) is 0 Å². The van der Waals surface area contributed by atoms with Gasteiger partial charge in [0.15, 0.2) is 0 Å². The van der Waals surface area contributed by atoms with Gasteiger partial charge in [0, 0.05) is 4.75 Å². The molecule has 0 amide bonds. The minimum atomic E-state index is 0.106. The number of aryl methyl sites for hydroxylation is 1. The maximum Gasteiger partial charge on any atom is 0.0353 e. The van der Waals surface area contributed by atoms with E-state index in [1.54, 1.807) is 0 Å². The molecule has 0 aromatic heterocycles. The average Bonchev–Trinajstić information content (AvgIpc) is 2.04. The van der Waals surface area contributed by atoms with Gasteiger partial charge in [0.25, 0.3) is 0 Å². The second-order valence-electron chi connectivity index (χ2n) is 3.78.